The lowest BCUT2D eigenvalue weighted by molar-refractivity contribution is 0.252. The number of hydrogen-bond acceptors (Lipinski definition) is 3. The molecule has 5 heteroatoms. The summed E-state index contributed by atoms with van der Waals surface area (Å²) in [6.45, 7) is 0.507. The van der Waals surface area contributed by atoms with E-state index < -0.39 is 5.76 Å². The Morgan fingerprint density at radius 1 is 1.05 bits per heavy atom. The maximum Gasteiger partial charge on any atom is 0.288 e. The van der Waals surface area contributed by atoms with E-state index in [4.69, 9.17) is 5.73 Å². The van der Waals surface area contributed by atoms with Gasteiger partial charge >= 0.3 is 0 Å². The molecular weight excluding hydrogens is 266 g/mol. The summed E-state index contributed by atoms with van der Waals surface area (Å²) in [6, 6.07) is 14.5. The Hall–Kier alpha value is -1.75. The molecule has 2 rings (SSSR count). The lowest BCUT2D eigenvalue weighted by Crippen LogP contribution is -2.03. The number of thioether (sulfide) groups is 1. The van der Waals surface area contributed by atoms with Gasteiger partial charge < -0.3 is 11.1 Å². The summed E-state index contributed by atoms with van der Waals surface area (Å²) >= 11 is 0.537. The van der Waals surface area contributed by atoms with Gasteiger partial charge in [0.05, 0.1) is 0 Å². The lowest BCUT2D eigenvalue weighted by atomic mass is 10.2. The summed E-state index contributed by atoms with van der Waals surface area (Å²) in [4.78, 5) is 0.534. The number of nitrogens with two attached hydrogens (primary N) is 1. The number of alkyl halides is 2. The topological polar surface area (TPSA) is 38.0 Å². The highest BCUT2D eigenvalue weighted by molar-refractivity contribution is 7.99. The second kappa shape index (κ2) is 6.43. The Balaban J connectivity index is 2.09. The molecule has 0 amide bonds. The van der Waals surface area contributed by atoms with Crippen molar-refractivity contribution in [1.29, 1.82) is 0 Å². The summed E-state index contributed by atoms with van der Waals surface area (Å²) in [7, 11) is 0. The Bertz CT molecular complexity index is 546. The van der Waals surface area contributed by atoms with Crippen LogP contribution in [0.15, 0.2) is 53.4 Å². The molecule has 0 aliphatic rings. The van der Waals surface area contributed by atoms with Gasteiger partial charge in [0, 0.05) is 22.8 Å². The predicted octanol–water partition coefficient (Wildman–Crippen LogP) is 4.20. The summed E-state index contributed by atoms with van der Waals surface area (Å²) in [5.41, 5.74) is 8.16. The van der Waals surface area contributed by atoms with Crippen molar-refractivity contribution >= 4 is 23.1 Å². The molecule has 2 aromatic carbocycles. The van der Waals surface area contributed by atoms with Gasteiger partial charge in [0.1, 0.15) is 0 Å². The maximum atomic E-state index is 12.4. The van der Waals surface area contributed by atoms with E-state index in [0.717, 1.165) is 5.56 Å². The first-order chi connectivity index (χ1) is 9.16. The molecule has 100 valence electrons. The van der Waals surface area contributed by atoms with Crippen LogP contribution in [0.1, 0.15) is 5.56 Å². The van der Waals surface area contributed by atoms with Gasteiger partial charge in [-0.25, -0.2) is 0 Å². The molecule has 0 bridgehead atoms. The normalized spacial score (nSPS) is 10.7. The van der Waals surface area contributed by atoms with Crippen LogP contribution in [0.5, 0.6) is 0 Å². The van der Waals surface area contributed by atoms with Crippen LogP contribution in [0.3, 0.4) is 0 Å². The molecule has 0 unspecified atom stereocenters. The molecule has 0 radical (unpaired) electrons. The maximum absolute atomic E-state index is 12.4. The number of anilines is 2. The summed E-state index contributed by atoms with van der Waals surface area (Å²) in [5.74, 6) is -2.43. The molecule has 0 atom stereocenters. The third kappa shape index (κ3) is 3.86. The van der Waals surface area contributed by atoms with E-state index >= 15 is 0 Å². The second-order valence-corrected chi connectivity index (χ2v) is 4.96. The number of nitrogens with one attached hydrogen (secondary N) is 1. The van der Waals surface area contributed by atoms with Crippen LogP contribution in [0.4, 0.5) is 20.2 Å². The minimum absolute atomic E-state index is 0.507. The van der Waals surface area contributed by atoms with Gasteiger partial charge in [0.15, 0.2) is 0 Å². The molecule has 0 aliphatic carbocycles. The van der Waals surface area contributed by atoms with Gasteiger partial charge in [0.2, 0.25) is 0 Å². The highest BCUT2D eigenvalue weighted by Gasteiger charge is 2.09. The Morgan fingerprint density at radius 3 is 2.47 bits per heavy atom. The predicted molar refractivity (Wildman–Crippen MR) is 76.5 cm³/mol. The Labute approximate surface area is 115 Å². The SMILES string of the molecule is Nc1ccccc1CNc1ccccc1SC(F)F. The third-order valence-electron chi connectivity index (χ3n) is 2.63. The standard InChI is InChI=1S/C14H14F2N2S/c15-14(16)19-13-8-4-3-7-12(13)18-9-10-5-1-2-6-11(10)17/h1-8,14,18H,9,17H2. The molecule has 0 aromatic heterocycles. The monoisotopic (exact) mass is 280 g/mol. The molecule has 2 nitrogen and oxygen atoms in total. The van der Waals surface area contributed by atoms with Crippen LogP contribution in [-0.2, 0) is 6.54 Å². The second-order valence-electron chi connectivity index (χ2n) is 3.93. The van der Waals surface area contributed by atoms with Crippen molar-refractivity contribution in [3.05, 3.63) is 54.1 Å². The fourth-order valence-electron chi connectivity index (χ4n) is 1.70. The van der Waals surface area contributed by atoms with E-state index in [-0.39, 0.29) is 0 Å². The van der Waals surface area contributed by atoms with Gasteiger partial charge in [0.25, 0.3) is 5.76 Å². The summed E-state index contributed by atoms with van der Waals surface area (Å²) in [5, 5.41) is 3.14. The number of rotatable bonds is 5. The van der Waals surface area contributed by atoms with Crippen LogP contribution >= 0.6 is 11.8 Å². The van der Waals surface area contributed by atoms with Gasteiger partial charge in [-0.3, -0.25) is 0 Å². The Kier molecular flexibility index (Phi) is 4.63. The molecule has 3 N–H and O–H groups in total. The van der Waals surface area contributed by atoms with Gasteiger partial charge in [-0.15, -0.1) is 0 Å². The quantitative estimate of drug-likeness (QED) is 0.637. The molecule has 0 heterocycles. The highest BCUT2D eigenvalue weighted by Crippen LogP contribution is 2.32. The first-order valence-corrected chi connectivity index (χ1v) is 6.66. The third-order valence-corrected chi connectivity index (χ3v) is 3.42. The van der Waals surface area contributed by atoms with Crippen LogP contribution in [-0.4, -0.2) is 5.76 Å². The number of benzene rings is 2. The van der Waals surface area contributed by atoms with Crippen molar-refractivity contribution in [2.75, 3.05) is 11.1 Å². The first kappa shape index (κ1) is 13.7. The van der Waals surface area contributed by atoms with E-state index in [9.17, 15) is 8.78 Å². The van der Waals surface area contributed by atoms with Crippen molar-refractivity contribution in [1.82, 2.24) is 0 Å². The molecule has 0 saturated carbocycles. The van der Waals surface area contributed by atoms with Crippen molar-refractivity contribution in [3.63, 3.8) is 0 Å². The zero-order valence-electron chi connectivity index (χ0n) is 10.1. The molecule has 0 spiro atoms. The van der Waals surface area contributed by atoms with E-state index in [1.165, 1.54) is 0 Å². The van der Waals surface area contributed by atoms with Crippen molar-refractivity contribution in [2.24, 2.45) is 0 Å². The molecule has 2 aromatic rings. The summed E-state index contributed by atoms with van der Waals surface area (Å²) in [6.07, 6.45) is 0. The average Bonchev–Trinajstić information content (AvgIpc) is 2.39. The van der Waals surface area contributed by atoms with Crippen LogP contribution < -0.4 is 11.1 Å². The van der Waals surface area contributed by atoms with Crippen LogP contribution in [0.25, 0.3) is 0 Å². The van der Waals surface area contributed by atoms with Gasteiger partial charge in [-0.2, -0.15) is 8.78 Å². The van der Waals surface area contributed by atoms with Crippen molar-refractivity contribution < 1.29 is 8.78 Å². The van der Waals surface area contributed by atoms with E-state index in [1.54, 1.807) is 18.2 Å². The minimum atomic E-state index is -2.43. The van der Waals surface area contributed by atoms with Crippen LogP contribution in [0.2, 0.25) is 0 Å². The van der Waals surface area contributed by atoms with Crippen LogP contribution in [0, 0.1) is 0 Å². The number of nitrogen functional groups attached to an aromatic ring is 1. The first-order valence-electron chi connectivity index (χ1n) is 5.78. The number of hydrogen-bond donors (Lipinski definition) is 2. The zero-order valence-corrected chi connectivity index (χ0v) is 11.0. The average molecular weight is 280 g/mol. The fraction of sp³-hybridized carbons (Fsp3) is 0.143. The number of halogens is 2. The molecule has 19 heavy (non-hydrogen) atoms. The van der Waals surface area contributed by atoms with E-state index in [2.05, 4.69) is 5.32 Å². The van der Waals surface area contributed by atoms with Gasteiger partial charge in [-0.05, 0) is 23.8 Å². The fourth-order valence-corrected chi connectivity index (χ4v) is 2.31. The Morgan fingerprint density at radius 2 is 1.74 bits per heavy atom. The smallest absolute Gasteiger partial charge is 0.288 e. The lowest BCUT2D eigenvalue weighted by Gasteiger charge is -2.12. The largest absolute Gasteiger partial charge is 0.398 e. The number of para-hydroxylation sites is 2. The molecule has 0 aliphatic heterocycles. The summed E-state index contributed by atoms with van der Waals surface area (Å²) < 4.78 is 24.9. The minimum Gasteiger partial charge on any atom is -0.398 e. The molecule has 0 fully saturated rings. The molecule has 0 saturated heterocycles. The van der Waals surface area contributed by atoms with Crippen molar-refractivity contribution in [2.45, 2.75) is 17.2 Å². The zero-order chi connectivity index (χ0) is 13.7. The highest BCUT2D eigenvalue weighted by atomic mass is 32.2. The van der Waals surface area contributed by atoms with E-state index in [0.29, 0.717) is 34.6 Å². The molecular formula is C14H14F2N2S. The van der Waals surface area contributed by atoms with Gasteiger partial charge in [-0.1, -0.05) is 42.1 Å². The van der Waals surface area contributed by atoms with E-state index in [1.807, 2.05) is 30.3 Å². The van der Waals surface area contributed by atoms with Crippen molar-refractivity contribution in [3.8, 4) is 0 Å².